The molecule has 1 aliphatic rings. The first-order chi connectivity index (χ1) is 12.9. The Morgan fingerprint density at radius 1 is 1.30 bits per heavy atom. The second-order valence-electron chi connectivity index (χ2n) is 6.70. The van der Waals surface area contributed by atoms with Gasteiger partial charge in [-0.1, -0.05) is 18.9 Å². The quantitative estimate of drug-likeness (QED) is 0.840. The van der Waals surface area contributed by atoms with E-state index in [0.717, 1.165) is 30.3 Å². The van der Waals surface area contributed by atoms with E-state index in [0.29, 0.717) is 11.3 Å². The number of hydrogen-bond donors (Lipinski definition) is 2. The van der Waals surface area contributed by atoms with Gasteiger partial charge in [0.15, 0.2) is 0 Å². The number of carbonyl (C=O) groups is 2. The van der Waals surface area contributed by atoms with E-state index in [2.05, 4.69) is 15.6 Å². The summed E-state index contributed by atoms with van der Waals surface area (Å²) in [6, 6.07) is 4.13. The minimum Gasteiger partial charge on any atom is -0.349 e. The van der Waals surface area contributed by atoms with E-state index in [1.54, 1.807) is 13.0 Å². The third kappa shape index (κ3) is 4.58. The second-order valence-corrected chi connectivity index (χ2v) is 6.70. The van der Waals surface area contributed by atoms with Gasteiger partial charge < -0.3 is 10.6 Å². The van der Waals surface area contributed by atoms with Crippen LogP contribution in [0.25, 0.3) is 0 Å². The van der Waals surface area contributed by atoms with Gasteiger partial charge in [-0.15, -0.1) is 0 Å². The molecule has 1 saturated carbocycles. The van der Waals surface area contributed by atoms with Gasteiger partial charge in [-0.05, 0) is 37.5 Å². The predicted octanol–water partition coefficient (Wildman–Crippen LogP) is 2.00. The maximum absolute atomic E-state index is 13.3. The number of benzene rings is 1. The molecule has 1 aromatic carbocycles. The number of anilines is 1. The lowest BCUT2D eigenvalue weighted by Gasteiger charge is -2.13. The monoisotopic (exact) mass is 372 g/mol. The van der Waals surface area contributed by atoms with E-state index in [1.165, 1.54) is 24.7 Å². The molecule has 142 valence electrons. The first-order valence-electron chi connectivity index (χ1n) is 8.85. The van der Waals surface area contributed by atoms with Gasteiger partial charge in [-0.3, -0.25) is 19.0 Å². The van der Waals surface area contributed by atoms with Crippen molar-refractivity contribution in [1.29, 1.82) is 0 Å². The zero-order valence-corrected chi connectivity index (χ0v) is 15.0. The molecule has 0 unspecified atom stereocenters. The van der Waals surface area contributed by atoms with E-state index in [-0.39, 0.29) is 18.2 Å². The minimum atomic E-state index is -0.591. The van der Waals surface area contributed by atoms with E-state index >= 15 is 0 Å². The van der Waals surface area contributed by atoms with Crippen molar-refractivity contribution < 1.29 is 14.0 Å². The summed E-state index contributed by atoms with van der Waals surface area (Å²) in [5.41, 5.74) is 0.335. The number of nitrogens with one attached hydrogen (secondary N) is 2. The molecule has 0 atom stereocenters. The first-order valence-corrected chi connectivity index (χ1v) is 8.85. The van der Waals surface area contributed by atoms with Crippen LogP contribution >= 0.6 is 0 Å². The van der Waals surface area contributed by atoms with Gasteiger partial charge in [0.2, 0.25) is 5.91 Å². The lowest BCUT2D eigenvalue weighted by Crippen LogP contribution is -2.38. The van der Waals surface area contributed by atoms with Crippen molar-refractivity contribution in [2.24, 2.45) is 0 Å². The minimum absolute atomic E-state index is 0.0739. The molecule has 1 fully saturated rings. The average Bonchev–Trinajstić information content (AvgIpc) is 3.13. The smallest absolute Gasteiger partial charge is 0.266 e. The molecule has 7 nitrogen and oxygen atoms in total. The summed E-state index contributed by atoms with van der Waals surface area (Å²) in [4.78, 5) is 41.0. The molecule has 0 radical (unpaired) electrons. The van der Waals surface area contributed by atoms with E-state index in [4.69, 9.17) is 0 Å². The summed E-state index contributed by atoms with van der Waals surface area (Å²) in [5, 5.41) is 5.40. The van der Waals surface area contributed by atoms with Crippen LogP contribution in [0.15, 0.2) is 35.5 Å². The number of hydrogen-bond acceptors (Lipinski definition) is 4. The molecule has 3 rings (SSSR count). The summed E-state index contributed by atoms with van der Waals surface area (Å²) in [6.07, 6.45) is 6.32. The van der Waals surface area contributed by atoms with Crippen molar-refractivity contribution in [3.05, 3.63) is 58.0 Å². The fraction of sp³-hybridized carbons (Fsp3) is 0.368. The number of carbonyl (C=O) groups excluding carboxylic acids is 2. The molecule has 1 heterocycles. The summed E-state index contributed by atoms with van der Waals surface area (Å²) < 4.78 is 14.4. The Labute approximate surface area is 155 Å². The maximum atomic E-state index is 13.3. The van der Waals surface area contributed by atoms with Gasteiger partial charge in [-0.2, -0.15) is 0 Å². The van der Waals surface area contributed by atoms with Crippen LogP contribution in [0.1, 0.15) is 41.6 Å². The molecule has 0 aliphatic heterocycles. The highest BCUT2D eigenvalue weighted by molar-refractivity contribution is 5.94. The Kier molecular flexibility index (Phi) is 5.63. The molecule has 1 aromatic heterocycles. The van der Waals surface area contributed by atoms with Gasteiger partial charge in [0.25, 0.3) is 11.5 Å². The van der Waals surface area contributed by atoms with Crippen molar-refractivity contribution in [2.75, 3.05) is 5.32 Å². The van der Waals surface area contributed by atoms with Crippen molar-refractivity contribution in [2.45, 2.75) is 45.2 Å². The van der Waals surface area contributed by atoms with Crippen LogP contribution in [0.2, 0.25) is 0 Å². The first kappa shape index (κ1) is 18.8. The molecule has 0 saturated heterocycles. The highest BCUT2D eigenvalue weighted by Gasteiger charge is 2.21. The standard InChI is InChI=1S/C19H21FN4O3/c1-12-6-7-13(20)8-16(12)23-17(25)10-24-11-21-9-15(19(24)27)18(26)22-14-4-2-3-5-14/h6-9,11,14H,2-5,10H2,1H3,(H,22,26)(H,23,25). The van der Waals surface area contributed by atoms with Crippen molar-refractivity contribution in [3.63, 3.8) is 0 Å². The predicted molar refractivity (Wildman–Crippen MR) is 98.0 cm³/mol. The lowest BCUT2D eigenvalue weighted by molar-refractivity contribution is -0.116. The Hall–Kier alpha value is -3.03. The van der Waals surface area contributed by atoms with Crippen LogP contribution in [0, 0.1) is 12.7 Å². The number of amides is 2. The molecular formula is C19H21FN4O3. The molecular weight excluding hydrogens is 351 g/mol. The highest BCUT2D eigenvalue weighted by Crippen LogP contribution is 2.18. The number of rotatable bonds is 5. The van der Waals surface area contributed by atoms with Crippen LogP contribution in [-0.4, -0.2) is 27.4 Å². The van der Waals surface area contributed by atoms with Crippen LogP contribution in [0.5, 0.6) is 0 Å². The summed E-state index contributed by atoms with van der Waals surface area (Å²) in [6.45, 7) is 1.41. The van der Waals surface area contributed by atoms with Crippen molar-refractivity contribution in [3.8, 4) is 0 Å². The third-order valence-electron chi connectivity index (χ3n) is 4.62. The fourth-order valence-corrected chi connectivity index (χ4v) is 3.13. The number of nitrogens with zero attached hydrogens (tertiary/aromatic N) is 2. The van der Waals surface area contributed by atoms with E-state index in [9.17, 15) is 18.8 Å². The van der Waals surface area contributed by atoms with E-state index < -0.39 is 23.2 Å². The number of halogens is 1. The third-order valence-corrected chi connectivity index (χ3v) is 4.62. The van der Waals surface area contributed by atoms with Crippen LogP contribution in [-0.2, 0) is 11.3 Å². The van der Waals surface area contributed by atoms with Crippen molar-refractivity contribution >= 4 is 17.5 Å². The summed E-state index contributed by atoms with van der Waals surface area (Å²) in [7, 11) is 0. The molecule has 2 N–H and O–H groups in total. The Balaban J connectivity index is 1.71. The number of aromatic nitrogens is 2. The topological polar surface area (TPSA) is 93.1 Å². The van der Waals surface area contributed by atoms with Gasteiger partial charge >= 0.3 is 0 Å². The van der Waals surface area contributed by atoms with Gasteiger partial charge in [0.1, 0.15) is 17.9 Å². The summed E-state index contributed by atoms with van der Waals surface area (Å²) >= 11 is 0. The Morgan fingerprint density at radius 3 is 2.78 bits per heavy atom. The van der Waals surface area contributed by atoms with Crippen molar-refractivity contribution in [1.82, 2.24) is 14.9 Å². The van der Waals surface area contributed by atoms with Crippen LogP contribution in [0.3, 0.4) is 0 Å². The molecule has 2 aromatic rings. The normalized spacial score (nSPS) is 14.1. The summed E-state index contributed by atoms with van der Waals surface area (Å²) in [5.74, 6) is -1.46. The largest absolute Gasteiger partial charge is 0.349 e. The lowest BCUT2D eigenvalue weighted by atomic mass is 10.2. The molecule has 8 heteroatoms. The molecule has 1 aliphatic carbocycles. The zero-order chi connectivity index (χ0) is 19.4. The van der Waals surface area contributed by atoms with E-state index in [1.807, 2.05) is 0 Å². The van der Waals surface area contributed by atoms with Crippen LogP contribution in [0.4, 0.5) is 10.1 Å². The maximum Gasteiger partial charge on any atom is 0.266 e. The van der Waals surface area contributed by atoms with Gasteiger partial charge in [0, 0.05) is 17.9 Å². The number of aryl methyl sites for hydroxylation is 1. The SMILES string of the molecule is Cc1ccc(F)cc1NC(=O)Cn1cncc(C(=O)NC2CCCC2)c1=O. The highest BCUT2D eigenvalue weighted by atomic mass is 19.1. The van der Waals surface area contributed by atoms with Crippen LogP contribution < -0.4 is 16.2 Å². The zero-order valence-electron chi connectivity index (χ0n) is 15.0. The molecule has 27 heavy (non-hydrogen) atoms. The second kappa shape index (κ2) is 8.11. The average molecular weight is 372 g/mol. The molecule has 2 amide bonds. The Bertz CT molecular complexity index is 919. The molecule has 0 bridgehead atoms. The van der Waals surface area contributed by atoms with Gasteiger partial charge in [-0.25, -0.2) is 9.37 Å². The van der Waals surface area contributed by atoms with Gasteiger partial charge in [0.05, 0.1) is 6.33 Å². The molecule has 0 spiro atoms. The Morgan fingerprint density at radius 2 is 2.04 bits per heavy atom. The fourth-order valence-electron chi connectivity index (χ4n) is 3.13.